The molecule has 68 heavy (non-hydrogen) atoms. The molecule has 12 rings (SSSR count). The molecule has 0 atom stereocenters. The third-order valence-electron chi connectivity index (χ3n) is 12.7. The van der Waals surface area contributed by atoms with Crippen LogP contribution >= 0.6 is 11.3 Å². The molecule has 322 valence electrons. The summed E-state index contributed by atoms with van der Waals surface area (Å²) in [5.41, 5.74) is 17.7. The highest BCUT2D eigenvalue weighted by Gasteiger charge is 2.17. The molecule has 10 aromatic carbocycles. The fraction of sp³-hybridized carbons (Fsp3) is 0. The maximum absolute atomic E-state index is 6.43. The molecule has 0 aliphatic rings. The van der Waals surface area contributed by atoms with E-state index in [1.807, 2.05) is 23.5 Å². The highest BCUT2D eigenvalue weighted by Crippen LogP contribution is 2.42. The number of nitrogens with zero attached hydrogens (tertiary/aromatic N) is 2. The van der Waals surface area contributed by atoms with Gasteiger partial charge >= 0.3 is 0 Å². The molecule has 0 aliphatic carbocycles. The Morgan fingerprint density at radius 3 is 1.09 bits per heavy atom. The van der Waals surface area contributed by atoms with Gasteiger partial charge in [0.25, 0.3) is 0 Å². The Balaban J connectivity index is 0.837. The van der Waals surface area contributed by atoms with Crippen LogP contribution in [0, 0.1) is 0 Å². The molecule has 2 heterocycles. The van der Waals surface area contributed by atoms with Crippen molar-refractivity contribution in [1.29, 1.82) is 0 Å². The third kappa shape index (κ3) is 7.93. The molecule has 0 bridgehead atoms. The van der Waals surface area contributed by atoms with Gasteiger partial charge in [-0.2, -0.15) is 0 Å². The maximum Gasteiger partial charge on any atom is 0.143 e. The number of fused-ring (bicyclic) bond motifs is 3. The van der Waals surface area contributed by atoms with Crippen molar-refractivity contribution in [2.75, 3.05) is 9.80 Å². The van der Waals surface area contributed by atoms with Crippen LogP contribution in [0.15, 0.2) is 271 Å². The lowest BCUT2D eigenvalue weighted by Gasteiger charge is -2.26. The van der Waals surface area contributed by atoms with Crippen molar-refractivity contribution >= 4 is 67.4 Å². The molecule has 3 nitrogen and oxygen atoms in total. The topological polar surface area (TPSA) is 19.6 Å². The Kier molecular flexibility index (Phi) is 10.8. The van der Waals surface area contributed by atoms with E-state index in [1.165, 1.54) is 37.6 Å². The van der Waals surface area contributed by atoms with Crippen molar-refractivity contribution in [3.8, 4) is 54.3 Å². The minimum atomic E-state index is 0.903. The average molecular weight is 889 g/mol. The predicted octanol–water partition coefficient (Wildman–Crippen LogP) is 18.9. The Morgan fingerprint density at radius 1 is 0.250 bits per heavy atom. The zero-order valence-corrected chi connectivity index (χ0v) is 37.9. The van der Waals surface area contributed by atoms with Crippen LogP contribution in [0.2, 0.25) is 0 Å². The van der Waals surface area contributed by atoms with E-state index in [2.05, 4.69) is 265 Å². The minimum absolute atomic E-state index is 0.903. The van der Waals surface area contributed by atoms with E-state index in [-0.39, 0.29) is 0 Å². The van der Waals surface area contributed by atoms with E-state index in [4.69, 9.17) is 4.42 Å². The first-order valence-electron chi connectivity index (χ1n) is 23.0. The van der Waals surface area contributed by atoms with Gasteiger partial charge in [0.05, 0.1) is 0 Å². The fourth-order valence-electron chi connectivity index (χ4n) is 9.30. The largest absolute Gasteiger partial charge is 0.455 e. The van der Waals surface area contributed by atoms with Crippen molar-refractivity contribution in [2.24, 2.45) is 0 Å². The molecular weight excluding hydrogens is 845 g/mol. The standard InChI is InChI=1S/C64H44N2OS/c1-4-13-50(14-5-1)62-43-44-63(68-62)51-33-41-57(42-34-51)66(56-39-31-49(32-40-56)58-20-12-21-60-59-19-10-11-22-61(59)67-64(58)60)55-37-29-48(30-38-55)46-25-23-45(24-26-46)47-27-35-54(36-28-47)65(52-15-6-2-7-16-52)53-17-8-3-9-18-53/h1-44H. The molecule has 0 unspecified atom stereocenters. The Bertz CT molecular complexity index is 3580. The summed E-state index contributed by atoms with van der Waals surface area (Å²) in [5, 5.41) is 2.26. The highest BCUT2D eigenvalue weighted by molar-refractivity contribution is 7.18. The van der Waals surface area contributed by atoms with Gasteiger partial charge in [0.2, 0.25) is 0 Å². The van der Waals surface area contributed by atoms with Gasteiger partial charge in [-0.15, -0.1) is 11.3 Å². The molecular formula is C64H44N2OS. The van der Waals surface area contributed by atoms with Crippen LogP contribution in [-0.2, 0) is 0 Å². The summed E-state index contributed by atoms with van der Waals surface area (Å²) in [6.07, 6.45) is 0. The second kappa shape index (κ2) is 17.9. The molecule has 0 spiro atoms. The van der Waals surface area contributed by atoms with Gasteiger partial charge in [0.1, 0.15) is 11.2 Å². The second-order valence-corrected chi connectivity index (χ2v) is 18.0. The molecule has 0 aliphatic heterocycles. The summed E-state index contributed by atoms with van der Waals surface area (Å²) in [7, 11) is 0. The van der Waals surface area contributed by atoms with Crippen molar-refractivity contribution in [1.82, 2.24) is 0 Å². The van der Waals surface area contributed by atoms with Crippen LogP contribution in [-0.4, -0.2) is 0 Å². The van der Waals surface area contributed by atoms with Gasteiger partial charge in [-0.3, -0.25) is 0 Å². The molecule has 12 aromatic rings. The molecule has 0 N–H and O–H groups in total. The van der Waals surface area contributed by atoms with Gasteiger partial charge < -0.3 is 14.2 Å². The summed E-state index contributed by atoms with van der Waals surface area (Å²) in [6.45, 7) is 0. The number of furan rings is 1. The first-order valence-corrected chi connectivity index (χ1v) is 23.8. The zero-order chi connectivity index (χ0) is 45.2. The van der Waals surface area contributed by atoms with Crippen molar-refractivity contribution in [3.63, 3.8) is 0 Å². The fourth-order valence-corrected chi connectivity index (χ4v) is 10.3. The number of benzene rings is 10. The first-order chi connectivity index (χ1) is 33.7. The summed E-state index contributed by atoms with van der Waals surface area (Å²) < 4.78 is 6.43. The molecule has 0 saturated carbocycles. The van der Waals surface area contributed by atoms with Crippen LogP contribution in [0.25, 0.3) is 76.2 Å². The Hall–Kier alpha value is -8.70. The van der Waals surface area contributed by atoms with E-state index >= 15 is 0 Å². The molecule has 2 aromatic heterocycles. The summed E-state index contributed by atoms with van der Waals surface area (Å²) in [4.78, 5) is 7.14. The predicted molar refractivity (Wildman–Crippen MR) is 288 cm³/mol. The third-order valence-corrected chi connectivity index (χ3v) is 13.9. The van der Waals surface area contributed by atoms with E-state index < -0.39 is 0 Å². The van der Waals surface area contributed by atoms with E-state index in [0.29, 0.717) is 0 Å². The van der Waals surface area contributed by atoms with Crippen LogP contribution in [0.1, 0.15) is 0 Å². The summed E-state index contributed by atoms with van der Waals surface area (Å²) in [5.74, 6) is 0. The van der Waals surface area contributed by atoms with Gasteiger partial charge in [0.15, 0.2) is 0 Å². The van der Waals surface area contributed by atoms with E-state index in [1.54, 1.807) is 0 Å². The maximum atomic E-state index is 6.43. The first kappa shape index (κ1) is 40.8. The molecule has 4 heteroatoms. The lowest BCUT2D eigenvalue weighted by atomic mass is 9.99. The van der Waals surface area contributed by atoms with Crippen molar-refractivity contribution < 1.29 is 4.42 Å². The number of para-hydroxylation sites is 4. The lowest BCUT2D eigenvalue weighted by Crippen LogP contribution is -2.09. The quantitative estimate of drug-likeness (QED) is 0.129. The van der Waals surface area contributed by atoms with Gasteiger partial charge in [0, 0.05) is 60.2 Å². The number of anilines is 6. The summed E-state index contributed by atoms with van der Waals surface area (Å²) >= 11 is 1.82. The van der Waals surface area contributed by atoms with Gasteiger partial charge in [-0.25, -0.2) is 0 Å². The number of rotatable bonds is 11. The van der Waals surface area contributed by atoms with Gasteiger partial charge in [-0.05, 0) is 130 Å². The van der Waals surface area contributed by atoms with Gasteiger partial charge in [-0.1, -0.05) is 176 Å². The SMILES string of the molecule is c1ccc(-c2ccc(-c3ccc(N(c4ccc(-c5ccc(-c6ccc(N(c7ccccc7)c7ccccc7)cc6)cc5)cc4)c4ccc(-c5cccc6c5oc5ccccc56)cc4)cc3)s2)cc1. The van der Waals surface area contributed by atoms with Crippen LogP contribution < -0.4 is 9.80 Å². The smallest absolute Gasteiger partial charge is 0.143 e. The van der Waals surface area contributed by atoms with E-state index in [9.17, 15) is 0 Å². The second-order valence-electron chi connectivity index (χ2n) is 16.9. The highest BCUT2D eigenvalue weighted by atomic mass is 32.1. The lowest BCUT2D eigenvalue weighted by molar-refractivity contribution is 0.670. The number of hydrogen-bond acceptors (Lipinski definition) is 4. The molecule has 0 amide bonds. The van der Waals surface area contributed by atoms with Crippen LogP contribution in [0.3, 0.4) is 0 Å². The van der Waals surface area contributed by atoms with Crippen LogP contribution in [0.5, 0.6) is 0 Å². The van der Waals surface area contributed by atoms with E-state index in [0.717, 1.165) is 72.8 Å². The normalized spacial score (nSPS) is 11.2. The van der Waals surface area contributed by atoms with Crippen molar-refractivity contribution in [2.45, 2.75) is 0 Å². The monoisotopic (exact) mass is 888 g/mol. The Morgan fingerprint density at radius 2 is 0.603 bits per heavy atom. The summed E-state index contributed by atoms with van der Waals surface area (Å²) in [6, 6.07) is 95.3. The number of thiophene rings is 1. The molecule has 0 radical (unpaired) electrons. The zero-order valence-electron chi connectivity index (χ0n) is 37.1. The minimum Gasteiger partial charge on any atom is -0.455 e. The van der Waals surface area contributed by atoms with Crippen LogP contribution in [0.4, 0.5) is 34.1 Å². The Labute approximate surface area is 400 Å². The van der Waals surface area contributed by atoms with Crippen molar-refractivity contribution in [3.05, 3.63) is 267 Å². The molecule has 0 saturated heterocycles. The average Bonchev–Trinajstić information content (AvgIpc) is 4.07. The number of hydrogen-bond donors (Lipinski definition) is 0. The molecule has 0 fully saturated rings.